The summed E-state index contributed by atoms with van der Waals surface area (Å²) >= 11 is 0. The van der Waals surface area contributed by atoms with Gasteiger partial charge in [0.2, 0.25) is 0 Å². The quantitative estimate of drug-likeness (QED) is 0.311. The number of hydrogen-bond acceptors (Lipinski definition) is 1. The average Bonchev–Trinajstić information content (AvgIpc) is 2.71. The van der Waals surface area contributed by atoms with Crippen LogP contribution in [0.5, 0.6) is 0 Å². The second-order valence-corrected chi connectivity index (χ2v) is 5.56. The van der Waals surface area contributed by atoms with Crippen molar-refractivity contribution in [1.82, 2.24) is 0 Å². The van der Waals surface area contributed by atoms with Crippen molar-refractivity contribution in [3.63, 3.8) is 0 Å². The van der Waals surface area contributed by atoms with Crippen LogP contribution in [0.25, 0.3) is 11.6 Å². The summed E-state index contributed by atoms with van der Waals surface area (Å²) in [6, 6.07) is 6.03. The third-order valence-corrected chi connectivity index (χ3v) is 3.40. The van der Waals surface area contributed by atoms with Gasteiger partial charge in [0.05, 0.1) is 0 Å². The van der Waals surface area contributed by atoms with Gasteiger partial charge in [0, 0.05) is 5.69 Å². The van der Waals surface area contributed by atoms with E-state index in [2.05, 4.69) is 57.9 Å². The highest BCUT2D eigenvalue weighted by atomic mass is 14.6. The van der Waals surface area contributed by atoms with E-state index in [0.29, 0.717) is 0 Å². The number of allylic oxidation sites excluding steroid dienone is 6. The highest BCUT2D eigenvalue weighted by molar-refractivity contribution is 5.72. The molecule has 0 fully saturated rings. The van der Waals surface area contributed by atoms with Crippen LogP contribution < -0.4 is 5.73 Å². The second-order valence-electron chi connectivity index (χ2n) is 5.56. The molecule has 0 saturated heterocycles. The molecule has 0 heterocycles. The predicted octanol–water partition coefficient (Wildman–Crippen LogP) is 9.50. The van der Waals surface area contributed by atoms with Crippen molar-refractivity contribution in [1.29, 1.82) is 0 Å². The first-order valence-electron chi connectivity index (χ1n) is 10.3. The fraction of sp³-hybridized carbons (Fsp3) is 0.407. The summed E-state index contributed by atoms with van der Waals surface area (Å²) in [5, 5.41) is 0. The fourth-order valence-electron chi connectivity index (χ4n) is 1.41. The Balaban J connectivity index is -0.000000161. The first-order valence-corrected chi connectivity index (χ1v) is 10.3. The lowest BCUT2D eigenvalue weighted by molar-refractivity contribution is 1.22. The molecular formula is C27H47N. The highest BCUT2D eigenvalue weighted by Gasteiger charge is 1.98. The van der Waals surface area contributed by atoms with Gasteiger partial charge in [-0.25, -0.2) is 0 Å². The SMILES string of the molecule is C/C=C\CC.C=C(C)C(=C)C.C=Cc1ccc(/C(C)=C/C)cc1N.CC.CC. The van der Waals surface area contributed by atoms with Gasteiger partial charge in [0.15, 0.2) is 0 Å². The van der Waals surface area contributed by atoms with Gasteiger partial charge in [-0.15, -0.1) is 0 Å². The van der Waals surface area contributed by atoms with Gasteiger partial charge >= 0.3 is 0 Å². The van der Waals surface area contributed by atoms with E-state index in [4.69, 9.17) is 5.73 Å². The fourth-order valence-corrected chi connectivity index (χ4v) is 1.41. The van der Waals surface area contributed by atoms with Crippen molar-refractivity contribution in [2.24, 2.45) is 0 Å². The molecule has 1 heteroatoms. The highest BCUT2D eigenvalue weighted by Crippen LogP contribution is 2.20. The molecule has 0 radical (unpaired) electrons. The van der Waals surface area contributed by atoms with E-state index in [1.807, 2.05) is 67.5 Å². The Kier molecular flexibility index (Phi) is 29.4. The predicted molar refractivity (Wildman–Crippen MR) is 138 cm³/mol. The lowest BCUT2D eigenvalue weighted by Gasteiger charge is -2.04. The van der Waals surface area contributed by atoms with Crippen LogP contribution in [0.4, 0.5) is 5.69 Å². The van der Waals surface area contributed by atoms with E-state index in [9.17, 15) is 0 Å². The molecule has 0 aliphatic carbocycles. The van der Waals surface area contributed by atoms with Crippen LogP contribution in [0, 0.1) is 0 Å². The summed E-state index contributed by atoms with van der Waals surface area (Å²) < 4.78 is 0. The topological polar surface area (TPSA) is 26.0 Å². The molecule has 0 saturated carbocycles. The molecule has 0 unspecified atom stereocenters. The summed E-state index contributed by atoms with van der Waals surface area (Å²) in [5.41, 5.74) is 12.1. The van der Waals surface area contributed by atoms with E-state index >= 15 is 0 Å². The molecule has 28 heavy (non-hydrogen) atoms. The Morgan fingerprint density at radius 1 is 0.964 bits per heavy atom. The number of nitrogen functional groups attached to an aromatic ring is 1. The maximum Gasteiger partial charge on any atom is 0.0393 e. The van der Waals surface area contributed by atoms with Crippen LogP contribution in [0.15, 0.2) is 67.3 Å². The summed E-state index contributed by atoms with van der Waals surface area (Å²) in [6.45, 7) is 31.1. The molecular weight excluding hydrogens is 338 g/mol. The van der Waals surface area contributed by atoms with Crippen LogP contribution in [0.1, 0.15) is 86.8 Å². The number of benzene rings is 1. The molecule has 1 rings (SSSR count). The largest absolute Gasteiger partial charge is 0.398 e. The van der Waals surface area contributed by atoms with Gasteiger partial charge in [-0.05, 0) is 63.8 Å². The number of anilines is 1. The second kappa shape index (κ2) is 24.7. The molecule has 1 aromatic rings. The Hall–Kier alpha value is -2.28. The summed E-state index contributed by atoms with van der Waals surface area (Å²) in [5.74, 6) is 0. The molecule has 1 aromatic carbocycles. The Labute approximate surface area is 177 Å². The van der Waals surface area contributed by atoms with Crippen molar-refractivity contribution in [3.05, 3.63) is 78.4 Å². The zero-order valence-electron chi connectivity index (χ0n) is 20.4. The van der Waals surface area contributed by atoms with Crippen molar-refractivity contribution in [2.45, 2.75) is 75.7 Å². The average molecular weight is 386 g/mol. The summed E-state index contributed by atoms with van der Waals surface area (Å²) in [6.07, 6.45) is 9.18. The van der Waals surface area contributed by atoms with E-state index in [1.165, 1.54) is 11.1 Å². The van der Waals surface area contributed by atoms with Crippen molar-refractivity contribution >= 4 is 17.3 Å². The van der Waals surface area contributed by atoms with Crippen LogP contribution in [-0.2, 0) is 0 Å². The standard InChI is InChI=1S/C12H15N.C6H10.C5H10.2C2H6/c1-4-9(3)11-7-6-10(5-2)12(13)8-11;1-5(2)6(3)4;1-3-5-4-2;2*1-2/h4-8H,2,13H2,1,3H3;1,3H2,2,4H3;3,5H,4H2,1-2H3;2*1-2H3/b9-4+;;5-3-;;. The van der Waals surface area contributed by atoms with Gasteiger partial charge < -0.3 is 5.73 Å². The number of rotatable bonds is 4. The molecule has 0 bridgehead atoms. The first kappa shape index (κ1) is 33.3. The van der Waals surface area contributed by atoms with Gasteiger partial charge in [0.1, 0.15) is 0 Å². The Bertz CT molecular complexity index is 574. The maximum absolute atomic E-state index is 5.83. The van der Waals surface area contributed by atoms with Crippen molar-refractivity contribution < 1.29 is 0 Å². The minimum Gasteiger partial charge on any atom is -0.398 e. The minimum atomic E-state index is 0.786. The van der Waals surface area contributed by atoms with Crippen LogP contribution in [0.2, 0.25) is 0 Å². The monoisotopic (exact) mass is 385 g/mol. The first-order chi connectivity index (χ1) is 13.2. The molecule has 1 nitrogen and oxygen atoms in total. The number of nitrogens with two attached hydrogens (primary N) is 1. The van der Waals surface area contributed by atoms with Crippen LogP contribution >= 0.6 is 0 Å². The van der Waals surface area contributed by atoms with Gasteiger partial charge in [0.25, 0.3) is 0 Å². The normalized spacial score (nSPS) is 9.14. The lowest BCUT2D eigenvalue weighted by atomic mass is 10.0. The third-order valence-electron chi connectivity index (χ3n) is 3.40. The van der Waals surface area contributed by atoms with Crippen LogP contribution in [-0.4, -0.2) is 0 Å². The minimum absolute atomic E-state index is 0.786. The smallest absolute Gasteiger partial charge is 0.0393 e. The molecule has 0 amide bonds. The van der Waals surface area contributed by atoms with Gasteiger partial charge in [-0.3, -0.25) is 0 Å². The summed E-state index contributed by atoms with van der Waals surface area (Å²) in [4.78, 5) is 0. The van der Waals surface area contributed by atoms with Crippen molar-refractivity contribution in [2.75, 3.05) is 5.73 Å². The summed E-state index contributed by atoms with van der Waals surface area (Å²) in [7, 11) is 0. The number of hydrogen-bond donors (Lipinski definition) is 1. The van der Waals surface area contributed by atoms with E-state index in [1.54, 1.807) is 6.08 Å². The third kappa shape index (κ3) is 20.0. The molecule has 0 aromatic heterocycles. The van der Waals surface area contributed by atoms with Gasteiger partial charge in [-0.1, -0.05) is 102 Å². The molecule has 0 spiro atoms. The zero-order chi connectivity index (χ0) is 23.1. The van der Waals surface area contributed by atoms with Crippen LogP contribution in [0.3, 0.4) is 0 Å². The lowest BCUT2D eigenvalue weighted by Crippen LogP contribution is -1.90. The van der Waals surface area contributed by atoms with E-state index in [-0.39, 0.29) is 0 Å². The Morgan fingerprint density at radius 3 is 1.64 bits per heavy atom. The molecule has 160 valence electrons. The molecule has 0 aliphatic heterocycles. The van der Waals surface area contributed by atoms with Gasteiger partial charge in [-0.2, -0.15) is 0 Å². The van der Waals surface area contributed by atoms with Crippen molar-refractivity contribution in [3.8, 4) is 0 Å². The van der Waals surface area contributed by atoms with E-state index in [0.717, 1.165) is 28.8 Å². The molecule has 0 aliphatic rings. The Morgan fingerprint density at radius 2 is 1.43 bits per heavy atom. The van der Waals surface area contributed by atoms with E-state index < -0.39 is 0 Å². The zero-order valence-corrected chi connectivity index (χ0v) is 20.4. The molecule has 2 N–H and O–H groups in total. The maximum atomic E-state index is 5.83. The molecule has 0 atom stereocenters.